The molecule has 0 bridgehead atoms. The van der Waals surface area contributed by atoms with E-state index in [1.807, 2.05) is 44.4 Å². The first-order valence-corrected chi connectivity index (χ1v) is 10.4. The van der Waals surface area contributed by atoms with Crippen LogP contribution in [0.3, 0.4) is 0 Å². The van der Waals surface area contributed by atoms with Crippen LogP contribution in [-0.2, 0) is 7.05 Å². The molecule has 0 saturated heterocycles. The van der Waals surface area contributed by atoms with E-state index in [-0.39, 0.29) is 5.82 Å². The van der Waals surface area contributed by atoms with Crippen LogP contribution in [0.15, 0.2) is 72.9 Å². The Morgan fingerprint density at radius 1 is 0.875 bits per heavy atom. The van der Waals surface area contributed by atoms with E-state index in [2.05, 4.69) is 55.1 Å². The summed E-state index contributed by atoms with van der Waals surface area (Å²) in [7, 11) is 2.02. The summed E-state index contributed by atoms with van der Waals surface area (Å²) in [6.45, 7) is 1.99. The van der Waals surface area contributed by atoms with Crippen molar-refractivity contribution in [2.45, 2.75) is 6.92 Å². The molecule has 6 heteroatoms. The van der Waals surface area contributed by atoms with Crippen molar-refractivity contribution < 1.29 is 4.39 Å². The van der Waals surface area contributed by atoms with Gasteiger partial charge in [0.1, 0.15) is 17.3 Å². The van der Waals surface area contributed by atoms with Crippen molar-refractivity contribution in [1.82, 2.24) is 24.7 Å². The van der Waals surface area contributed by atoms with Crippen LogP contribution in [0.2, 0.25) is 0 Å². The number of nitrogens with one attached hydrogen (secondary N) is 2. The van der Waals surface area contributed by atoms with Gasteiger partial charge in [-0.05, 0) is 54.4 Å². The molecule has 0 aliphatic carbocycles. The molecule has 0 atom stereocenters. The van der Waals surface area contributed by atoms with Crippen molar-refractivity contribution in [2.24, 2.45) is 7.05 Å². The number of nitrogens with zero attached hydrogens (tertiary/aromatic N) is 3. The van der Waals surface area contributed by atoms with Crippen molar-refractivity contribution in [3.05, 3.63) is 84.6 Å². The molecule has 32 heavy (non-hydrogen) atoms. The zero-order chi connectivity index (χ0) is 21.8. The van der Waals surface area contributed by atoms with Crippen molar-refractivity contribution in [3.63, 3.8) is 0 Å². The van der Waals surface area contributed by atoms with Gasteiger partial charge in [-0.15, -0.1) is 0 Å². The number of halogens is 1. The van der Waals surface area contributed by atoms with Gasteiger partial charge in [-0.1, -0.05) is 30.3 Å². The predicted octanol–water partition coefficient (Wildman–Crippen LogP) is 6.23. The second-order valence-corrected chi connectivity index (χ2v) is 8.04. The maximum Gasteiger partial charge on any atom is 0.123 e. The largest absolute Gasteiger partial charge is 0.353 e. The Balaban J connectivity index is 1.51. The highest BCUT2D eigenvalue weighted by atomic mass is 19.1. The van der Waals surface area contributed by atoms with E-state index >= 15 is 0 Å². The number of benzene rings is 3. The van der Waals surface area contributed by atoms with Gasteiger partial charge in [0.15, 0.2) is 0 Å². The highest BCUT2D eigenvalue weighted by molar-refractivity contribution is 6.01. The molecule has 156 valence electrons. The Hall–Kier alpha value is -4.19. The van der Waals surface area contributed by atoms with Crippen molar-refractivity contribution in [3.8, 4) is 33.8 Å². The average molecular weight is 421 g/mol. The summed E-state index contributed by atoms with van der Waals surface area (Å²) < 4.78 is 15.5. The Bertz CT molecular complexity index is 1600. The number of aromatic nitrogens is 5. The third-order valence-corrected chi connectivity index (χ3v) is 6.15. The van der Waals surface area contributed by atoms with E-state index < -0.39 is 0 Å². The fraction of sp³-hybridized carbons (Fsp3) is 0.0769. The standard InChI is InChI=1S/C26H20FN5/c1-15-28-14-25(32(15)2)17-8-11-23-21(12-17)26(31-30-23)24-13-20-19(4-3-5-22(20)29-24)16-6-9-18(27)10-7-16/h3-14,29H,1-2H3,(H,30,31). The lowest BCUT2D eigenvalue weighted by molar-refractivity contribution is 0.628. The summed E-state index contributed by atoms with van der Waals surface area (Å²) in [5.41, 5.74) is 7.95. The molecule has 0 aliphatic heterocycles. The minimum Gasteiger partial charge on any atom is -0.353 e. The monoisotopic (exact) mass is 421 g/mol. The van der Waals surface area contributed by atoms with Crippen LogP contribution in [0.4, 0.5) is 4.39 Å². The van der Waals surface area contributed by atoms with Gasteiger partial charge in [-0.25, -0.2) is 9.37 Å². The van der Waals surface area contributed by atoms with Crippen molar-refractivity contribution in [2.75, 3.05) is 0 Å². The zero-order valence-corrected chi connectivity index (χ0v) is 17.6. The summed E-state index contributed by atoms with van der Waals surface area (Å²) in [6.07, 6.45) is 1.90. The van der Waals surface area contributed by atoms with E-state index in [1.165, 1.54) is 12.1 Å². The molecule has 6 aromatic rings. The third kappa shape index (κ3) is 2.84. The summed E-state index contributed by atoms with van der Waals surface area (Å²) >= 11 is 0. The van der Waals surface area contributed by atoms with Gasteiger partial charge in [0.25, 0.3) is 0 Å². The van der Waals surface area contributed by atoms with Crippen LogP contribution in [0.1, 0.15) is 5.82 Å². The summed E-state index contributed by atoms with van der Waals surface area (Å²) in [5, 5.41) is 9.87. The molecule has 0 fully saturated rings. The van der Waals surface area contributed by atoms with Gasteiger partial charge in [0, 0.05) is 28.9 Å². The Morgan fingerprint density at radius 3 is 2.47 bits per heavy atom. The van der Waals surface area contributed by atoms with E-state index in [1.54, 1.807) is 0 Å². The van der Waals surface area contributed by atoms with Crippen LogP contribution in [0, 0.1) is 12.7 Å². The summed E-state index contributed by atoms with van der Waals surface area (Å²) in [6, 6.07) is 21.1. The molecule has 0 amide bonds. The number of imidazole rings is 1. The molecular formula is C26H20FN5. The number of aromatic amines is 2. The third-order valence-electron chi connectivity index (χ3n) is 6.15. The minimum absolute atomic E-state index is 0.238. The maximum atomic E-state index is 13.4. The van der Waals surface area contributed by atoms with Crippen LogP contribution < -0.4 is 0 Å². The predicted molar refractivity (Wildman–Crippen MR) is 126 cm³/mol. The first-order valence-electron chi connectivity index (χ1n) is 10.4. The first-order chi connectivity index (χ1) is 15.6. The van der Waals surface area contributed by atoms with Crippen molar-refractivity contribution in [1.29, 1.82) is 0 Å². The normalized spacial score (nSPS) is 11.6. The lowest BCUT2D eigenvalue weighted by Crippen LogP contribution is -1.94. The Kier molecular flexibility index (Phi) is 4.01. The second-order valence-electron chi connectivity index (χ2n) is 8.04. The molecule has 0 radical (unpaired) electrons. The fourth-order valence-corrected chi connectivity index (χ4v) is 4.31. The Morgan fingerprint density at radius 2 is 1.69 bits per heavy atom. The molecule has 0 aliphatic rings. The highest BCUT2D eigenvalue weighted by Crippen LogP contribution is 2.35. The van der Waals surface area contributed by atoms with Gasteiger partial charge in [-0.3, -0.25) is 5.10 Å². The van der Waals surface area contributed by atoms with Crippen LogP contribution in [0.25, 0.3) is 55.6 Å². The SMILES string of the molecule is Cc1ncc(-c2ccc3[nH]nc(-c4cc5c(-c6ccc(F)cc6)cccc5[nH]4)c3c2)n1C. The Labute approximate surface area is 183 Å². The summed E-state index contributed by atoms with van der Waals surface area (Å²) in [5.74, 6) is 0.731. The molecule has 2 N–H and O–H groups in total. The van der Waals surface area contributed by atoms with Gasteiger partial charge in [0.05, 0.1) is 23.1 Å². The van der Waals surface area contributed by atoms with E-state index in [4.69, 9.17) is 0 Å². The van der Waals surface area contributed by atoms with Gasteiger partial charge in [-0.2, -0.15) is 5.10 Å². The summed E-state index contributed by atoms with van der Waals surface area (Å²) in [4.78, 5) is 7.94. The molecular weight excluding hydrogens is 401 g/mol. The number of fused-ring (bicyclic) bond motifs is 2. The van der Waals surface area contributed by atoms with Gasteiger partial charge >= 0.3 is 0 Å². The number of hydrogen-bond donors (Lipinski definition) is 2. The first kappa shape index (κ1) is 18.6. The molecule has 0 unspecified atom stereocenters. The zero-order valence-electron chi connectivity index (χ0n) is 17.6. The van der Waals surface area contributed by atoms with E-state index in [0.717, 1.165) is 61.4 Å². The second kappa shape index (κ2) is 6.92. The maximum absolute atomic E-state index is 13.4. The highest BCUT2D eigenvalue weighted by Gasteiger charge is 2.15. The van der Waals surface area contributed by atoms with Crippen LogP contribution in [0.5, 0.6) is 0 Å². The molecule has 3 aromatic carbocycles. The number of rotatable bonds is 3. The topological polar surface area (TPSA) is 62.3 Å². The molecule has 3 aromatic heterocycles. The van der Waals surface area contributed by atoms with Crippen LogP contribution >= 0.6 is 0 Å². The smallest absolute Gasteiger partial charge is 0.123 e. The lowest BCUT2D eigenvalue weighted by atomic mass is 10.0. The van der Waals surface area contributed by atoms with Crippen molar-refractivity contribution >= 4 is 21.8 Å². The number of H-pyrrole nitrogens is 2. The van der Waals surface area contributed by atoms with Gasteiger partial charge in [0.2, 0.25) is 0 Å². The van der Waals surface area contributed by atoms with Gasteiger partial charge < -0.3 is 9.55 Å². The molecule has 3 heterocycles. The molecule has 0 spiro atoms. The lowest BCUT2D eigenvalue weighted by Gasteiger charge is -2.04. The average Bonchev–Trinajstić information content (AvgIpc) is 3.50. The number of aryl methyl sites for hydroxylation is 1. The fourth-order valence-electron chi connectivity index (χ4n) is 4.31. The van der Waals surface area contributed by atoms with E-state index in [9.17, 15) is 4.39 Å². The molecule has 6 rings (SSSR count). The molecule has 5 nitrogen and oxygen atoms in total. The quantitative estimate of drug-likeness (QED) is 0.356. The number of hydrogen-bond acceptors (Lipinski definition) is 2. The van der Waals surface area contributed by atoms with Crippen LogP contribution in [-0.4, -0.2) is 24.7 Å². The molecule has 0 saturated carbocycles. The minimum atomic E-state index is -0.238. The van der Waals surface area contributed by atoms with E-state index in [0.29, 0.717) is 0 Å².